The number of carboxylic acids is 1. The van der Waals surface area contributed by atoms with Gasteiger partial charge in [0.15, 0.2) is 24.6 Å². The molecule has 1 aliphatic rings. The first kappa shape index (κ1) is 66.7. The number of carbonyl (C=O) groups is 4. The highest BCUT2D eigenvalue weighted by Crippen LogP contribution is 2.26. The van der Waals surface area contributed by atoms with Gasteiger partial charge < -0.3 is 39.0 Å². The molecule has 1 fully saturated rings. The molecule has 6 unspecified atom stereocenters. The quantitative estimate of drug-likeness (QED) is 0.0228. The number of allylic oxidation sites excluding steroid dienone is 16. The van der Waals surface area contributed by atoms with Crippen LogP contribution in [0.3, 0.4) is 0 Å². The fourth-order valence-corrected chi connectivity index (χ4v) is 7.84. The number of aliphatic hydroxyl groups excluding tert-OH is 2. The van der Waals surface area contributed by atoms with Gasteiger partial charge in [-0.05, 0) is 109 Å². The predicted octanol–water partition coefficient (Wildman–Crippen LogP) is 14.1. The van der Waals surface area contributed by atoms with Gasteiger partial charge in [0.25, 0.3) is 0 Å². The first-order chi connectivity index (χ1) is 35.6. The van der Waals surface area contributed by atoms with Crippen LogP contribution in [-0.2, 0) is 42.9 Å². The maximum Gasteiger partial charge on any atom is 0.335 e. The Morgan fingerprint density at radius 1 is 0.466 bits per heavy atom. The van der Waals surface area contributed by atoms with Crippen LogP contribution in [0.2, 0.25) is 0 Å². The molecule has 1 rings (SSSR count). The van der Waals surface area contributed by atoms with Crippen LogP contribution in [0.1, 0.15) is 213 Å². The average molecular weight is 1020 g/mol. The minimum atomic E-state index is -1.92. The molecule has 0 aliphatic carbocycles. The maximum atomic E-state index is 13.1. The Morgan fingerprint density at radius 2 is 0.863 bits per heavy atom. The third kappa shape index (κ3) is 38.8. The minimum Gasteiger partial charge on any atom is -0.479 e. The summed E-state index contributed by atoms with van der Waals surface area (Å²) in [5, 5.41) is 31.4. The van der Waals surface area contributed by atoms with Gasteiger partial charge in [-0.2, -0.15) is 0 Å². The van der Waals surface area contributed by atoms with Gasteiger partial charge in [-0.3, -0.25) is 14.4 Å². The highest BCUT2D eigenvalue weighted by atomic mass is 16.7. The van der Waals surface area contributed by atoms with Crippen molar-refractivity contribution in [1.82, 2.24) is 0 Å². The molecule has 6 atom stereocenters. The van der Waals surface area contributed by atoms with Gasteiger partial charge in [0.2, 0.25) is 0 Å². The van der Waals surface area contributed by atoms with Crippen LogP contribution < -0.4 is 0 Å². The highest BCUT2D eigenvalue weighted by Gasteiger charge is 2.50. The molecule has 0 saturated carbocycles. The van der Waals surface area contributed by atoms with Crippen molar-refractivity contribution < 1.29 is 58.2 Å². The number of rotatable bonds is 46. The Bertz CT molecular complexity index is 1640. The van der Waals surface area contributed by atoms with E-state index in [0.717, 1.165) is 148 Å². The lowest BCUT2D eigenvalue weighted by Crippen LogP contribution is -2.61. The summed E-state index contributed by atoms with van der Waals surface area (Å²) in [4.78, 5) is 51.0. The Hall–Kier alpha value is -4.36. The summed E-state index contributed by atoms with van der Waals surface area (Å²) in [6.45, 7) is 5.64. The van der Waals surface area contributed by atoms with Crippen LogP contribution in [0.4, 0.5) is 0 Å². The van der Waals surface area contributed by atoms with E-state index in [2.05, 4.69) is 118 Å². The second-order valence-electron chi connectivity index (χ2n) is 18.8. The van der Waals surface area contributed by atoms with Crippen molar-refractivity contribution in [2.75, 3.05) is 13.2 Å². The molecule has 1 saturated heterocycles. The summed E-state index contributed by atoms with van der Waals surface area (Å²) < 4.78 is 28.3. The van der Waals surface area contributed by atoms with Crippen molar-refractivity contribution in [2.45, 2.75) is 250 Å². The molecule has 1 heterocycles. The number of aliphatic carboxylic acids is 1. The fraction of sp³-hybridized carbons (Fsp3) is 0.672. The van der Waals surface area contributed by atoms with Crippen molar-refractivity contribution in [2.24, 2.45) is 0 Å². The smallest absolute Gasteiger partial charge is 0.335 e. The number of ether oxygens (including phenoxy) is 5. The Balaban J connectivity index is 2.73. The summed E-state index contributed by atoms with van der Waals surface area (Å²) in [7, 11) is 0. The largest absolute Gasteiger partial charge is 0.479 e. The molecule has 0 aromatic rings. The normalized spacial score (nSPS) is 19.1. The Morgan fingerprint density at radius 3 is 1.33 bits per heavy atom. The molecule has 12 heteroatoms. The van der Waals surface area contributed by atoms with Crippen LogP contribution in [0.5, 0.6) is 0 Å². The molecule has 73 heavy (non-hydrogen) atoms. The van der Waals surface area contributed by atoms with Gasteiger partial charge in [0, 0.05) is 19.3 Å². The van der Waals surface area contributed by atoms with E-state index in [1.165, 1.54) is 6.42 Å². The third-order valence-corrected chi connectivity index (χ3v) is 12.1. The summed E-state index contributed by atoms with van der Waals surface area (Å²) >= 11 is 0. The average Bonchev–Trinajstić information content (AvgIpc) is 3.37. The van der Waals surface area contributed by atoms with Gasteiger partial charge in [0.05, 0.1) is 6.61 Å². The molecule has 0 aromatic heterocycles. The summed E-state index contributed by atoms with van der Waals surface area (Å²) in [5.74, 6) is -3.20. The van der Waals surface area contributed by atoms with Crippen molar-refractivity contribution in [3.8, 4) is 0 Å². The van der Waals surface area contributed by atoms with Crippen LogP contribution in [0, 0.1) is 0 Å². The molecule has 0 radical (unpaired) electrons. The summed E-state index contributed by atoms with van der Waals surface area (Å²) in [6, 6.07) is 0. The lowest BCUT2D eigenvalue weighted by molar-refractivity contribution is -0.301. The lowest BCUT2D eigenvalue weighted by atomic mass is 9.98. The van der Waals surface area contributed by atoms with Crippen LogP contribution >= 0.6 is 0 Å². The van der Waals surface area contributed by atoms with E-state index < -0.39 is 67.3 Å². The SMILES string of the molecule is CC/C=C\C/C=C\C/C=C\CCCCCCCCCC(=O)OCC(COC1OC(C(=O)O)C(O)C(O)C1OC(=O)CCCCCCC/C=C\C/C=C\CCC)OC(=O)CCCCC/C=C\C/C=C\C/C=C\CC. The Labute approximate surface area is 441 Å². The minimum absolute atomic E-state index is 0.0354. The first-order valence-corrected chi connectivity index (χ1v) is 28.2. The van der Waals surface area contributed by atoms with Crippen LogP contribution in [0.25, 0.3) is 0 Å². The molecular weight excluding hydrogens is 925 g/mol. The van der Waals surface area contributed by atoms with E-state index in [4.69, 9.17) is 23.7 Å². The van der Waals surface area contributed by atoms with E-state index in [1.54, 1.807) is 0 Å². The number of hydrogen-bond donors (Lipinski definition) is 3. The van der Waals surface area contributed by atoms with Gasteiger partial charge in [0.1, 0.15) is 18.8 Å². The maximum absolute atomic E-state index is 13.1. The molecule has 12 nitrogen and oxygen atoms in total. The summed E-state index contributed by atoms with van der Waals surface area (Å²) in [6.07, 6.45) is 51.0. The molecule has 0 aromatic carbocycles. The molecule has 3 N–H and O–H groups in total. The number of unbranched alkanes of at least 4 members (excludes halogenated alkanes) is 16. The van der Waals surface area contributed by atoms with Crippen LogP contribution in [-0.4, -0.2) is 89.2 Å². The van der Waals surface area contributed by atoms with E-state index >= 15 is 0 Å². The van der Waals surface area contributed by atoms with Crippen molar-refractivity contribution >= 4 is 23.9 Å². The van der Waals surface area contributed by atoms with E-state index in [1.807, 2.05) is 0 Å². The third-order valence-electron chi connectivity index (χ3n) is 12.1. The number of carbonyl (C=O) groups excluding carboxylic acids is 3. The zero-order valence-electron chi connectivity index (χ0n) is 45.3. The van der Waals surface area contributed by atoms with E-state index in [0.29, 0.717) is 19.3 Å². The zero-order valence-corrected chi connectivity index (χ0v) is 45.3. The first-order valence-electron chi connectivity index (χ1n) is 28.2. The highest BCUT2D eigenvalue weighted by molar-refractivity contribution is 5.74. The molecule has 0 amide bonds. The number of carboxylic acid groups (broad SMARTS) is 1. The van der Waals surface area contributed by atoms with Gasteiger partial charge >= 0.3 is 23.9 Å². The molecule has 1 aliphatic heterocycles. The van der Waals surface area contributed by atoms with Gasteiger partial charge in [-0.1, -0.05) is 182 Å². The topological polar surface area (TPSA) is 175 Å². The number of esters is 3. The fourth-order valence-electron chi connectivity index (χ4n) is 7.84. The Kier molecular flexibility index (Phi) is 44.4. The molecule has 0 spiro atoms. The number of aliphatic hydroxyl groups is 2. The van der Waals surface area contributed by atoms with Gasteiger partial charge in [-0.15, -0.1) is 0 Å². The monoisotopic (exact) mass is 1020 g/mol. The predicted molar refractivity (Wildman–Crippen MR) is 294 cm³/mol. The molecule has 414 valence electrons. The lowest BCUT2D eigenvalue weighted by Gasteiger charge is -2.40. The molecule has 0 bridgehead atoms. The standard InChI is InChI=1S/C61H98O12/c1-4-7-10-13-16-19-22-25-26-27-28-31-32-35-38-41-44-47-53(62)69-50-52(71-54(63)48-45-42-39-36-33-29-23-20-17-14-11-8-5-2)51-70-61-59(57(66)56(65)58(73-61)60(67)68)72-55(64)49-46-43-40-37-34-30-24-21-18-15-12-9-6-3/h7-8,10-12,15-17,19-21,24-26,29,33,52,56-59,61,65-66H,4-6,9,13-14,18,22-23,27-28,30-32,34-51H2,1-3H3,(H,67,68)/b10-7-,11-8-,15-12-,19-16-,20-17-,24-21-,26-25-,33-29-. The zero-order chi connectivity index (χ0) is 53.3. The van der Waals surface area contributed by atoms with Gasteiger partial charge in [-0.25, -0.2) is 4.79 Å². The second-order valence-corrected chi connectivity index (χ2v) is 18.8. The summed E-state index contributed by atoms with van der Waals surface area (Å²) in [5.41, 5.74) is 0. The second kappa shape index (κ2) is 48.6. The van der Waals surface area contributed by atoms with Crippen molar-refractivity contribution in [3.05, 3.63) is 97.2 Å². The number of hydrogen-bond acceptors (Lipinski definition) is 11. The van der Waals surface area contributed by atoms with Crippen LogP contribution in [0.15, 0.2) is 97.2 Å². The van der Waals surface area contributed by atoms with Crippen molar-refractivity contribution in [1.29, 1.82) is 0 Å². The van der Waals surface area contributed by atoms with Crippen molar-refractivity contribution in [3.63, 3.8) is 0 Å². The molecular formula is C61H98O12. The van der Waals surface area contributed by atoms with E-state index in [-0.39, 0.29) is 25.9 Å². The van der Waals surface area contributed by atoms with E-state index in [9.17, 15) is 34.5 Å².